The Kier molecular flexibility index (Phi) is 7.47. The summed E-state index contributed by atoms with van der Waals surface area (Å²) >= 11 is 0. The first-order valence-corrected chi connectivity index (χ1v) is 12.3. The number of hydrogen-bond donors (Lipinski definition) is 0. The summed E-state index contributed by atoms with van der Waals surface area (Å²) in [5.74, 6) is 6.30. The van der Waals surface area contributed by atoms with Crippen molar-refractivity contribution in [1.82, 2.24) is 14.7 Å². The molecule has 0 N–H and O–H groups in total. The average Bonchev–Trinajstić information content (AvgIpc) is 3.18. The van der Waals surface area contributed by atoms with Gasteiger partial charge in [0.25, 0.3) is 0 Å². The molecule has 0 spiro atoms. The van der Waals surface area contributed by atoms with Gasteiger partial charge in [-0.15, -0.1) is 0 Å². The predicted octanol–water partition coefficient (Wildman–Crippen LogP) is 5.36. The second-order valence-electron chi connectivity index (χ2n) is 10.4. The lowest BCUT2D eigenvalue weighted by Crippen LogP contribution is -2.41. The third kappa shape index (κ3) is 6.21. The van der Waals surface area contributed by atoms with Crippen LogP contribution in [0.3, 0.4) is 0 Å². The van der Waals surface area contributed by atoms with E-state index in [-0.39, 0.29) is 23.9 Å². The molecular weight excluding hydrogens is 487 g/mol. The van der Waals surface area contributed by atoms with Gasteiger partial charge in [0.15, 0.2) is 0 Å². The maximum atomic E-state index is 13.4. The van der Waals surface area contributed by atoms with Crippen LogP contribution in [0.1, 0.15) is 63.1 Å². The molecule has 0 unspecified atom stereocenters. The number of halogens is 3. The number of piperidine rings is 1. The van der Waals surface area contributed by atoms with Crippen molar-refractivity contribution >= 4 is 6.09 Å². The van der Waals surface area contributed by atoms with Crippen molar-refractivity contribution in [1.29, 1.82) is 0 Å². The summed E-state index contributed by atoms with van der Waals surface area (Å²) in [5, 5.41) is 4.67. The van der Waals surface area contributed by atoms with E-state index in [0.29, 0.717) is 37.5 Å². The smallest absolute Gasteiger partial charge is 0.419 e. The molecule has 1 saturated heterocycles. The molecule has 7 nitrogen and oxygen atoms in total. The van der Waals surface area contributed by atoms with Gasteiger partial charge < -0.3 is 19.1 Å². The summed E-state index contributed by atoms with van der Waals surface area (Å²) in [5.41, 5.74) is 1.35. The minimum atomic E-state index is -4.52. The van der Waals surface area contributed by atoms with Gasteiger partial charge in [-0.25, -0.2) is 9.48 Å². The van der Waals surface area contributed by atoms with Crippen LogP contribution in [-0.2, 0) is 28.7 Å². The molecule has 1 aromatic carbocycles. The second-order valence-corrected chi connectivity index (χ2v) is 10.4. The zero-order chi connectivity index (χ0) is 27.0. The lowest BCUT2D eigenvalue weighted by molar-refractivity contribution is -0.138. The summed E-state index contributed by atoms with van der Waals surface area (Å²) in [6, 6.07) is 3.75. The highest BCUT2D eigenvalue weighted by molar-refractivity contribution is 5.68. The Bertz CT molecular complexity index is 1210. The van der Waals surface area contributed by atoms with Gasteiger partial charge >= 0.3 is 12.3 Å². The number of carbonyl (C=O) groups excluding carboxylic acids is 1. The number of aromatic nitrogens is 2. The van der Waals surface area contributed by atoms with E-state index in [1.54, 1.807) is 9.58 Å². The van der Waals surface area contributed by atoms with Crippen LogP contribution in [0.2, 0.25) is 0 Å². The third-order valence-corrected chi connectivity index (χ3v) is 6.36. The molecular formula is C27H32F3N3O4. The Hall–Kier alpha value is -3.19. The van der Waals surface area contributed by atoms with E-state index < -0.39 is 17.3 Å². The van der Waals surface area contributed by atoms with Crippen molar-refractivity contribution < 1.29 is 32.2 Å². The van der Waals surface area contributed by atoms with Gasteiger partial charge in [0.1, 0.15) is 17.0 Å². The van der Waals surface area contributed by atoms with Crippen LogP contribution in [0, 0.1) is 17.8 Å². The highest BCUT2D eigenvalue weighted by Crippen LogP contribution is 2.38. The SMILES string of the molecule is COc1cc(-n2nc(C#CC3CCN(C(=O)OC(C)(C)C)CC3)c3c2C[C@H](C)OC3)ccc1C(F)(F)F. The number of rotatable bonds is 2. The topological polar surface area (TPSA) is 65.8 Å². The number of benzene rings is 1. The van der Waals surface area contributed by atoms with Crippen molar-refractivity contribution in [2.45, 2.75) is 71.4 Å². The maximum Gasteiger partial charge on any atom is 0.419 e. The molecule has 2 aliphatic heterocycles. The van der Waals surface area contributed by atoms with E-state index in [1.807, 2.05) is 27.7 Å². The second kappa shape index (κ2) is 10.3. The molecule has 1 amide bonds. The van der Waals surface area contributed by atoms with E-state index in [2.05, 4.69) is 16.9 Å². The van der Waals surface area contributed by atoms with Crippen LogP contribution in [0.25, 0.3) is 5.69 Å². The van der Waals surface area contributed by atoms with Gasteiger partial charge in [-0.05, 0) is 58.6 Å². The highest BCUT2D eigenvalue weighted by Gasteiger charge is 2.35. The Morgan fingerprint density at radius 2 is 1.89 bits per heavy atom. The minimum Gasteiger partial charge on any atom is -0.496 e. The van der Waals surface area contributed by atoms with E-state index in [1.165, 1.54) is 19.2 Å². The fourth-order valence-corrected chi connectivity index (χ4v) is 4.47. The molecule has 1 fully saturated rings. The molecule has 1 atom stereocenters. The zero-order valence-electron chi connectivity index (χ0n) is 21.7. The molecule has 200 valence electrons. The number of carbonyl (C=O) groups is 1. The molecule has 37 heavy (non-hydrogen) atoms. The van der Waals surface area contributed by atoms with E-state index in [9.17, 15) is 18.0 Å². The third-order valence-electron chi connectivity index (χ3n) is 6.36. The molecule has 10 heteroatoms. The van der Waals surface area contributed by atoms with Gasteiger partial charge in [0.2, 0.25) is 0 Å². The molecule has 2 aromatic rings. The number of likely N-dealkylation sites (tertiary alicyclic amines) is 1. The first-order chi connectivity index (χ1) is 17.4. The number of methoxy groups -OCH3 is 1. The standard InChI is InChI=1S/C27H32F3N3O4/c1-17-14-23-20(16-36-17)22(9-6-18-10-12-32(13-11-18)25(34)37-26(2,3)4)31-33(23)19-7-8-21(27(28,29)30)24(15-19)35-5/h7-8,15,17-18H,10-14,16H2,1-5H3/t17-/m0/s1. The van der Waals surface area contributed by atoms with Gasteiger partial charge in [-0.2, -0.15) is 18.3 Å². The van der Waals surface area contributed by atoms with Crippen LogP contribution >= 0.6 is 0 Å². The minimum absolute atomic E-state index is 0.0581. The fourth-order valence-electron chi connectivity index (χ4n) is 4.47. The lowest BCUT2D eigenvalue weighted by atomic mass is 9.97. The van der Waals surface area contributed by atoms with Crippen LogP contribution < -0.4 is 4.74 Å². The van der Waals surface area contributed by atoms with Crippen molar-refractivity contribution in [3.63, 3.8) is 0 Å². The molecule has 0 radical (unpaired) electrons. The lowest BCUT2D eigenvalue weighted by Gasteiger charge is -2.31. The summed E-state index contributed by atoms with van der Waals surface area (Å²) in [6.45, 7) is 8.92. The Balaban J connectivity index is 1.57. The molecule has 0 bridgehead atoms. The first-order valence-electron chi connectivity index (χ1n) is 12.3. The van der Waals surface area contributed by atoms with Gasteiger partial charge in [0.05, 0.1) is 36.8 Å². The Morgan fingerprint density at radius 3 is 2.51 bits per heavy atom. The highest BCUT2D eigenvalue weighted by atomic mass is 19.4. The number of nitrogens with zero attached hydrogens (tertiary/aromatic N) is 3. The Morgan fingerprint density at radius 1 is 1.19 bits per heavy atom. The number of alkyl halides is 3. The van der Waals surface area contributed by atoms with Crippen molar-refractivity contribution in [3.05, 3.63) is 40.7 Å². The van der Waals surface area contributed by atoms with Gasteiger partial charge in [-0.3, -0.25) is 0 Å². The summed E-state index contributed by atoms with van der Waals surface area (Å²) in [7, 11) is 1.22. The van der Waals surface area contributed by atoms with Crippen molar-refractivity contribution in [2.75, 3.05) is 20.2 Å². The quantitative estimate of drug-likeness (QED) is 0.500. The number of ether oxygens (including phenoxy) is 3. The van der Waals surface area contributed by atoms with E-state index >= 15 is 0 Å². The molecule has 4 rings (SSSR count). The molecule has 0 saturated carbocycles. The number of hydrogen-bond acceptors (Lipinski definition) is 5. The van der Waals surface area contributed by atoms with E-state index in [0.717, 1.165) is 30.2 Å². The normalized spacial score (nSPS) is 18.6. The molecule has 0 aliphatic carbocycles. The van der Waals surface area contributed by atoms with Gasteiger partial charge in [-0.1, -0.05) is 5.92 Å². The van der Waals surface area contributed by atoms with Crippen LogP contribution in [0.5, 0.6) is 5.75 Å². The van der Waals surface area contributed by atoms with Crippen molar-refractivity contribution in [2.24, 2.45) is 5.92 Å². The van der Waals surface area contributed by atoms with Gasteiger partial charge in [0, 0.05) is 37.1 Å². The Labute approximate surface area is 214 Å². The first kappa shape index (κ1) is 26.9. The summed E-state index contributed by atoms with van der Waals surface area (Å²) in [6.07, 6.45) is -2.90. The molecule has 1 aromatic heterocycles. The van der Waals surface area contributed by atoms with Crippen LogP contribution in [0.4, 0.5) is 18.0 Å². The summed E-state index contributed by atoms with van der Waals surface area (Å²) < 4.78 is 58.0. The molecule has 3 heterocycles. The fraction of sp³-hybridized carbons (Fsp3) is 0.556. The summed E-state index contributed by atoms with van der Waals surface area (Å²) in [4.78, 5) is 14.0. The van der Waals surface area contributed by atoms with Crippen molar-refractivity contribution in [3.8, 4) is 23.3 Å². The predicted molar refractivity (Wildman–Crippen MR) is 130 cm³/mol. The largest absolute Gasteiger partial charge is 0.496 e. The zero-order valence-corrected chi connectivity index (χ0v) is 21.7. The van der Waals surface area contributed by atoms with Crippen LogP contribution in [0.15, 0.2) is 18.2 Å². The van der Waals surface area contributed by atoms with Crippen LogP contribution in [-0.4, -0.2) is 52.7 Å². The molecule has 2 aliphatic rings. The van der Waals surface area contributed by atoms with E-state index in [4.69, 9.17) is 14.2 Å². The number of amides is 1. The maximum absolute atomic E-state index is 13.4. The number of fused-ring (bicyclic) bond motifs is 1. The monoisotopic (exact) mass is 519 g/mol. The average molecular weight is 520 g/mol.